The molecule has 4 rings (SSSR count). The Hall–Kier alpha value is -2.84. The van der Waals surface area contributed by atoms with Crippen molar-refractivity contribution >= 4 is 38.9 Å². The Morgan fingerprint density at radius 1 is 1.23 bits per heavy atom. The van der Waals surface area contributed by atoms with Crippen molar-refractivity contribution < 1.29 is 9.59 Å². The van der Waals surface area contributed by atoms with Crippen molar-refractivity contribution in [1.29, 1.82) is 0 Å². The number of nitrogens with one attached hydrogen (secondary N) is 1. The lowest BCUT2D eigenvalue weighted by molar-refractivity contribution is -0.116. The second-order valence-corrected chi connectivity index (χ2v) is 9.32. The van der Waals surface area contributed by atoms with E-state index in [1.54, 1.807) is 35.6 Å². The van der Waals surface area contributed by atoms with Gasteiger partial charge in [-0.3, -0.25) is 19.0 Å². The Morgan fingerprint density at radius 2 is 2.00 bits per heavy atom. The number of hydrogen-bond acceptors (Lipinski definition) is 6. The van der Waals surface area contributed by atoms with E-state index in [0.29, 0.717) is 29.0 Å². The summed E-state index contributed by atoms with van der Waals surface area (Å²) < 4.78 is 1.49. The van der Waals surface area contributed by atoms with Crippen LogP contribution < -0.4 is 10.9 Å². The molecule has 1 amide bonds. The number of ketones is 1. The van der Waals surface area contributed by atoms with Crippen molar-refractivity contribution in [2.75, 3.05) is 19.4 Å². The second-order valence-electron chi connectivity index (χ2n) is 8.23. The minimum absolute atomic E-state index is 0.0718. The van der Waals surface area contributed by atoms with Crippen LogP contribution >= 0.6 is 11.3 Å². The molecule has 0 aliphatic heterocycles. The minimum Gasteiger partial charge on any atom is -0.325 e. The largest absolute Gasteiger partial charge is 0.325 e. The van der Waals surface area contributed by atoms with Gasteiger partial charge >= 0.3 is 0 Å². The molecule has 0 atom stereocenters. The summed E-state index contributed by atoms with van der Waals surface area (Å²) in [5.74, 6) is 0.180. The molecule has 31 heavy (non-hydrogen) atoms. The van der Waals surface area contributed by atoms with E-state index in [1.165, 1.54) is 16.4 Å². The van der Waals surface area contributed by atoms with Gasteiger partial charge in [-0.15, -0.1) is 11.3 Å². The molecule has 0 unspecified atom stereocenters. The molecular weight excluding hydrogens is 412 g/mol. The van der Waals surface area contributed by atoms with E-state index in [9.17, 15) is 14.4 Å². The highest BCUT2D eigenvalue weighted by Crippen LogP contribution is 2.33. The van der Waals surface area contributed by atoms with E-state index < -0.39 is 0 Å². The summed E-state index contributed by atoms with van der Waals surface area (Å²) >= 11 is 1.61. The summed E-state index contributed by atoms with van der Waals surface area (Å²) in [6.45, 7) is 1.82. The molecule has 1 N–H and O–H groups in total. The average molecular weight is 439 g/mol. The predicted octanol–water partition coefficient (Wildman–Crippen LogP) is 3.24. The molecule has 0 bridgehead atoms. The van der Waals surface area contributed by atoms with Crippen LogP contribution in [0.4, 0.5) is 5.69 Å². The lowest BCUT2D eigenvalue weighted by Crippen LogP contribution is -2.33. The molecule has 2 heterocycles. The van der Waals surface area contributed by atoms with E-state index >= 15 is 0 Å². The molecule has 1 aliphatic rings. The van der Waals surface area contributed by atoms with E-state index in [4.69, 9.17) is 4.98 Å². The molecule has 7 nitrogen and oxygen atoms in total. The lowest BCUT2D eigenvalue weighted by Gasteiger charge is -2.16. The number of Topliss-reactive ketones (excluding diaryl/α,β-unsaturated/α-hetero) is 1. The second kappa shape index (κ2) is 8.72. The maximum Gasteiger partial charge on any atom is 0.263 e. The van der Waals surface area contributed by atoms with Gasteiger partial charge in [0.1, 0.15) is 17.2 Å². The topological polar surface area (TPSA) is 84.3 Å². The first-order valence-electron chi connectivity index (χ1n) is 10.4. The SMILES string of the molecule is CC(=O)c1cccc(NC(=O)Cn2c(CN(C)C)nc3sc4c(c3c2=O)CCCC4)c1. The Kier molecular flexibility index (Phi) is 6.02. The maximum atomic E-state index is 13.5. The number of hydrogen-bond donors (Lipinski definition) is 1. The van der Waals surface area contributed by atoms with Crippen LogP contribution in [0.15, 0.2) is 29.1 Å². The molecule has 0 fully saturated rings. The van der Waals surface area contributed by atoms with Crippen molar-refractivity contribution in [2.45, 2.75) is 45.7 Å². The predicted molar refractivity (Wildman–Crippen MR) is 123 cm³/mol. The molecule has 0 radical (unpaired) electrons. The summed E-state index contributed by atoms with van der Waals surface area (Å²) in [7, 11) is 3.82. The first-order chi connectivity index (χ1) is 14.8. The van der Waals surface area contributed by atoms with Crippen LogP contribution in [-0.4, -0.2) is 40.2 Å². The first-order valence-corrected chi connectivity index (χ1v) is 11.2. The van der Waals surface area contributed by atoms with E-state index in [0.717, 1.165) is 36.1 Å². The molecule has 1 aliphatic carbocycles. The molecule has 162 valence electrons. The highest BCUT2D eigenvalue weighted by Gasteiger charge is 2.23. The molecule has 3 aromatic rings. The third kappa shape index (κ3) is 4.45. The van der Waals surface area contributed by atoms with Gasteiger partial charge in [-0.2, -0.15) is 0 Å². The van der Waals surface area contributed by atoms with Gasteiger partial charge in [0.25, 0.3) is 5.56 Å². The number of aryl methyl sites for hydroxylation is 2. The molecule has 0 saturated carbocycles. The summed E-state index contributed by atoms with van der Waals surface area (Å²) in [6, 6.07) is 6.79. The Morgan fingerprint density at radius 3 is 2.74 bits per heavy atom. The zero-order chi connectivity index (χ0) is 22.1. The van der Waals surface area contributed by atoms with Crippen molar-refractivity contribution in [1.82, 2.24) is 14.5 Å². The summed E-state index contributed by atoms with van der Waals surface area (Å²) in [6.07, 6.45) is 4.10. The van der Waals surface area contributed by atoms with Crippen LogP contribution in [0.3, 0.4) is 0 Å². The van der Waals surface area contributed by atoms with Crippen molar-refractivity contribution in [3.8, 4) is 0 Å². The molecule has 8 heteroatoms. The van der Waals surface area contributed by atoms with Crippen LogP contribution in [0.25, 0.3) is 10.2 Å². The van der Waals surface area contributed by atoms with Crippen molar-refractivity contribution in [3.63, 3.8) is 0 Å². The van der Waals surface area contributed by atoms with Crippen LogP contribution in [0.2, 0.25) is 0 Å². The zero-order valence-electron chi connectivity index (χ0n) is 18.0. The standard InChI is InChI=1S/C23H26N4O3S/c1-14(28)15-7-6-8-16(11-15)24-20(29)13-27-19(12-26(2)3)25-22-21(23(27)30)17-9-4-5-10-18(17)31-22/h6-8,11H,4-5,9-10,12-13H2,1-3H3,(H,24,29). The fraction of sp³-hybridized carbons (Fsp3) is 0.391. The average Bonchev–Trinajstić information content (AvgIpc) is 3.09. The van der Waals surface area contributed by atoms with Crippen LogP contribution in [-0.2, 0) is 30.7 Å². The number of anilines is 1. The van der Waals surface area contributed by atoms with Crippen LogP contribution in [0, 0.1) is 0 Å². The Labute approximate surface area is 184 Å². The fourth-order valence-electron chi connectivity index (χ4n) is 4.01. The number of carbonyl (C=O) groups excluding carboxylic acids is 2. The lowest BCUT2D eigenvalue weighted by atomic mass is 9.97. The third-order valence-corrected chi connectivity index (χ3v) is 6.65. The van der Waals surface area contributed by atoms with Crippen LogP contribution in [0.1, 0.15) is 46.4 Å². The maximum absolute atomic E-state index is 13.5. The highest BCUT2D eigenvalue weighted by molar-refractivity contribution is 7.18. The Balaban J connectivity index is 1.70. The van der Waals surface area contributed by atoms with Gasteiger partial charge in [0, 0.05) is 16.1 Å². The quantitative estimate of drug-likeness (QED) is 0.598. The summed E-state index contributed by atoms with van der Waals surface area (Å²) in [5, 5.41) is 3.48. The van der Waals surface area contributed by atoms with E-state index in [-0.39, 0.29) is 23.8 Å². The highest BCUT2D eigenvalue weighted by atomic mass is 32.1. The van der Waals surface area contributed by atoms with Gasteiger partial charge in [0.05, 0.1) is 11.9 Å². The minimum atomic E-state index is -0.326. The number of thiophene rings is 1. The van der Waals surface area contributed by atoms with Crippen molar-refractivity contribution in [3.05, 3.63) is 56.4 Å². The molecule has 0 saturated heterocycles. The van der Waals surface area contributed by atoms with Gasteiger partial charge in [-0.05, 0) is 64.4 Å². The van der Waals surface area contributed by atoms with E-state index in [2.05, 4.69) is 5.32 Å². The van der Waals surface area contributed by atoms with E-state index in [1.807, 2.05) is 19.0 Å². The van der Waals surface area contributed by atoms with Crippen molar-refractivity contribution in [2.24, 2.45) is 0 Å². The molecular formula is C23H26N4O3S. The van der Waals surface area contributed by atoms with Gasteiger partial charge in [0.15, 0.2) is 5.78 Å². The number of amides is 1. The normalized spacial score (nSPS) is 13.4. The van der Waals surface area contributed by atoms with Gasteiger partial charge in [0.2, 0.25) is 5.91 Å². The smallest absolute Gasteiger partial charge is 0.263 e. The van der Waals surface area contributed by atoms with Crippen LogP contribution in [0.5, 0.6) is 0 Å². The summed E-state index contributed by atoms with van der Waals surface area (Å²) in [4.78, 5) is 46.7. The van der Waals surface area contributed by atoms with Gasteiger partial charge in [-0.1, -0.05) is 12.1 Å². The Bertz CT molecular complexity index is 1230. The monoisotopic (exact) mass is 438 g/mol. The van der Waals surface area contributed by atoms with Gasteiger partial charge in [-0.25, -0.2) is 4.98 Å². The number of benzene rings is 1. The number of rotatable bonds is 6. The number of fused-ring (bicyclic) bond motifs is 3. The van der Waals surface area contributed by atoms with Gasteiger partial charge < -0.3 is 10.2 Å². The summed E-state index contributed by atoms with van der Waals surface area (Å²) in [5.41, 5.74) is 2.02. The number of aromatic nitrogens is 2. The third-order valence-electron chi connectivity index (χ3n) is 5.47. The number of carbonyl (C=O) groups is 2. The fourth-order valence-corrected chi connectivity index (χ4v) is 5.28. The first kappa shape index (κ1) is 21.4. The zero-order valence-corrected chi connectivity index (χ0v) is 18.8. The molecule has 1 aromatic carbocycles. The molecule has 0 spiro atoms. The number of nitrogens with zero attached hydrogens (tertiary/aromatic N) is 3. The molecule has 2 aromatic heterocycles.